The fourth-order valence-corrected chi connectivity index (χ4v) is 1.75. The number of nitrogen functional groups attached to an aromatic ring is 1. The van der Waals surface area contributed by atoms with E-state index >= 15 is 0 Å². The molecular formula is C17H24N2O. The summed E-state index contributed by atoms with van der Waals surface area (Å²) in [7, 11) is 0. The summed E-state index contributed by atoms with van der Waals surface area (Å²) in [6, 6.07) is 16.0. The van der Waals surface area contributed by atoms with E-state index < -0.39 is 0 Å². The van der Waals surface area contributed by atoms with Gasteiger partial charge in [0.2, 0.25) is 0 Å². The standard InChI is InChI=1S/C15H18N2O.C2H6/c16-9-10-18-15-7-3-13(4-8-15)11-12-1-5-14(17)6-2-12;1-2/h1-8H,9-11,16-17H2;1-2H3. The number of benzene rings is 2. The topological polar surface area (TPSA) is 61.3 Å². The van der Waals surface area contributed by atoms with Crippen molar-refractivity contribution in [1.29, 1.82) is 0 Å². The number of hydrogen-bond donors (Lipinski definition) is 2. The van der Waals surface area contributed by atoms with Crippen molar-refractivity contribution < 1.29 is 4.74 Å². The number of anilines is 1. The Labute approximate surface area is 121 Å². The second kappa shape index (κ2) is 8.99. The molecule has 0 aromatic heterocycles. The largest absolute Gasteiger partial charge is 0.492 e. The van der Waals surface area contributed by atoms with Crippen LogP contribution < -0.4 is 16.2 Å². The lowest BCUT2D eigenvalue weighted by molar-refractivity contribution is 0.328. The lowest BCUT2D eigenvalue weighted by atomic mass is 10.0. The highest BCUT2D eigenvalue weighted by Gasteiger charge is 1.98. The fraction of sp³-hybridized carbons (Fsp3) is 0.294. The van der Waals surface area contributed by atoms with Gasteiger partial charge in [0.25, 0.3) is 0 Å². The van der Waals surface area contributed by atoms with Crippen LogP contribution in [-0.4, -0.2) is 13.2 Å². The summed E-state index contributed by atoms with van der Waals surface area (Å²) in [5.41, 5.74) is 14.3. The molecule has 2 aromatic rings. The molecule has 0 saturated carbocycles. The zero-order valence-electron chi connectivity index (χ0n) is 12.3. The highest BCUT2D eigenvalue weighted by atomic mass is 16.5. The van der Waals surface area contributed by atoms with E-state index in [2.05, 4.69) is 12.1 Å². The molecule has 0 atom stereocenters. The van der Waals surface area contributed by atoms with Crippen molar-refractivity contribution in [3.63, 3.8) is 0 Å². The number of nitrogens with two attached hydrogens (primary N) is 2. The number of hydrogen-bond acceptors (Lipinski definition) is 3. The van der Waals surface area contributed by atoms with Crippen LogP contribution in [0.5, 0.6) is 5.75 Å². The Hall–Kier alpha value is -2.00. The Morgan fingerprint density at radius 1 is 0.850 bits per heavy atom. The predicted octanol–water partition coefficient (Wildman–Crippen LogP) is 3.22. The maximum Gasteiger partial charge on any atom is 0.119 e. The second-order valence-corrected chi connectivity index (χ2v) is 4.20. The van der Waals surface area contributed by atoms with Crippen molar-refractivity contribution >= 4 is 5.69 Å². The second-order valence-electron chi connectivity index (χ2n) is 4.20. The van der Waals surface area contributed by atoms with Crippen LogP contribution in [0.15, 0.2) is 48.5 Å². The molecule has 0 fully saturated rings. The molecule has 0 amide bonds. The van der Waals surface area contributed by atoms with Gasteiger partial charge in [-0.2, -0.15) is 0 Å². The summed E-state index contributed by atoms with van der Waals surface area (Å²) < 4.78 is 5.43. The lowest BCUT2D eigenvalue weighted by Gasteiger charge is -2.06. The zero-order valence-corrected chi connectivity index (χ0v) is 12.3. The van der Waals surface area contributed by atoms with Crippen molar-refractivity contribution in [1.82, 2.24) is 0 Å². The fourth-order valence-electron chi connectivity index (χ4n) is 1.75. The molecule has 0 aliphatic rings. The number of rotatable bonds is 5. The Morgan fingerprint density at radius 2 is 1.35 bits per heavy atom. The molecule has 0 aliphatic carbocycles. The van der Waals surface area contributed by atoms with Gasteiger partial charge in [-0.3, -0.25) is 0 Å². The SMILES string of the molecule is CC.NCCOc1ccc(Cc2ccc(N)cc2)cc1. The summed E-state index contributed by atoms with van der Waals surface area (Å²) in [6.07, 6.45) is 0.900. The van der Waals surface area contributed by atoms with E-state index in [1.165, 1.54) is 11.1 Å². The molecule has 0 bridgehead atoms. The van der Waals surface area contributed by atoms with Crippen molar-refractivity contribution in [3.05, 3.63) is 59.7 Å². The quantitative estimate of drug-likeness (QED) is 0.821. The maximum atomic E-state index is 5.66. The van der Waals surface area contributed by atoms with Crippen molar-refractivity contribution in [2.45, 2.75) is 20.3 Å². The minimum absolute atomic E-state index is 0.535. The van der Waals surface area contributed by atoms with Crippen molar-refractivity contribution in [3.8, 4) is 5.75 Å². The first-order valence-corrected chi connectivity index (χ1v) is 7.04. The Bertz CT molecular complexity index is 477. The summed E-state index contributed by atoms with van der Waals surface area (Å²) in [5, 5.41) is 0. The van der Waals surface area contributed by atoms with Gasteiger partial charge in [-0.1, -0.05) is 38.1 Å². The van der Waals surface area contributed by atoms with Crippen molar-refractivity contribution in [2.75, 3.05) is 18.9 Å². The van der Waals surface area contributed by atoms with Crippen LogP contribution in [0.3, 0.4) is 0 Å². The van der Waals surface area contributed by atoms with Gasteiger partial charge in [0.05, 0.1) is 0 Å². The number of ether oxygens (including phenoxy) is 1. The Kier molecular flexibility index (Phi) is 7.22. The van der Waals surface area contributed by atoms with Gasteiger partial charge in [-0.05, 0) is 41.8 Å². The molecule has 108 valence electrons. The van der Waals surface area contributed by atoms with Gasteiger partial charge in [0, 0.05) is 12.2 Å². The molecule has 3 nitrogen and oxygen atoms in total. The van der Waals surface area contributed by atoms with E-state index in [4.69, 9.17) is 16.2 Å². The molecule has 0 aliphatic heterocycles. The molecule has 0 heterocycles. The van der Waals surface area contributed by atoms with Crippen LogP contribution in [0.4, 0.5) is 5.69 Å². The average molecular weight is 272 g/mol. The third-order valence-electron chi connectivity index (χ3n) is 2.70. The summed E-state index contributed by atoms with van der Waals surface area (Å²) in [4.78, 5) is 0. The minimum Gasteiger partial charge on any atom is -0.492 e. The molecule has 0 saturated heterocycles. The van der Waals surface area contributed by atoms with Crippen molar-refractivity contribution in [2.24, 2.45) is 5.73 Å². The Morgan fingerprint density at radius 3 is 1.85 bits per heavy atom. The third kappa shape index (κ3) is 5.33. The van der Waals surface area contributed by atoms with E-state index in [-0.39, 0.29) is 0 Å². The highest BCUT2D eigenvalue weighted by Crippen LogP contribution is 2.16. The van der Waals surface area contributed by atoms with Gasteiger partial charge < -0.3 is 16.2 Å². The molecule has 0 radical (unpaired) electrons. The first-order chi connectivity index (χ1) is 9.78. The molecule has 4 N–H and O–H groups in total. The molecule has 2 aromatic carbocycles. The van der Waals surface area contributed by atoms with E-state index in [1.807, 2.05) is 50.2 Å². The monoisotopic (exact) mass is 272 g/mol. The normalized spacial score (nSPS) is 9.55. The minimum atomic E-state index is 0.535. The zero-order chi connectivity index (χ0) is 14.8. The van der Waals surface area contributed by atoms with E-state index in [9.17, 15) is 0 Å². The van der Waals surface area contributed by atoms with Crippen LogP contribution in [0.2, 0.25) is 0 Å². The van der Waals surface area contributed by atoms with Crippen LogP contribution in [0.1, 0.15) is 25.0 Å². The lowest BCUT2D eigenvalue weighted by Crippen LogP contribution is -2.10. The summed E-state index contributed by atoms with van der Waals surface area (Å²) >= 11 is 0. The van der Waals surface area contributed by atoms with Gasteiger partial charge in [-0.15, -0.1) is 0 Å². The average Bonchev–Trinajstić information content (AvgIpc) is 2.51. The molecule has 3 heteroatoms. The van der Waals surface area contributed by atoms with E-state index in [0.717, 1.165) is 17.9 Å². The predicted molar refractivity (Wildman–Crippen MR) is 86.0 cm³/mol. The molecule has 0 unspecified atom stereocenters. The third-order valence-corrected chi connectivity index (χ3v) is 2.70. The Balaban J connectivity index is 0.000000956. The van der Waals surface area contributed by atoms with E-state index in [0.29, 0.717) is 13.2 Å². The molecule has 2 rings (SSSR count). The smallest absolute Gasteiger partial charge is 0.119 e. The van der Waals surface area contributed by atoms with Crippen LogP contribution in [0, 0.1) is 0 Å². The van der Waals surface area contributed by atoms with E-state index in [1.54, 1.807) is 0 Å². The van der Waals surface area contributed by atoms with Gasteiger partial charge >= 0.3 is 0 Å². The maximum absolute atomic E-state index is 5.66. The summed E-state index contributed by atoms with van der Waals surface area (Å²) in [5.74, 6) is 0.863. The molecular weight excluding hydrogens is 248 g/mol. The van der Waals surface area contributed by atoms with Gasteiger partial charge in [-0.25, -0.2) is 0 Å². The van der Waals surface area contributed by atoms with Crippen LogP contribution in [0.25, 0.3) is 0 Å². The summed E-state index contributed by atoms with van der Waals surface area (Å²) in [6.45, 7) is 5.09. The van der Waals surface area contributed by atoms with Gasteiger partial charge in [0.1, 0.15) is 12.4 Å². The first-order valence-electron chi connectivity index (χ1n) is 7.04. The van der Waals surface area contributed by atoms with Crippen LogP contribution in [-0.2, 0) is 6.42 Å². The van der Waals surface area contributed by atoms with Crippen LogP contribution >= 0.6 is 0 Å². The molecule has 20 heavy (non-hydrogen) atoms. The van der Waals surface area contributed by atoms with Gasteiger partial charge in [0.15, 0.2) is 0 Å². The highest BCUT2D eigenvalue weighted by molar-refractivity contribution is 5.41. The first kappa shape index (κ1) is 16.1. The molecule has 0 spiro atoms.